The Hall–Kier alpha value is -1.19. The summed E-state index contributed by atoms with van der Waals surface area (Å²) in [5, 5.41) is 2.89. The molecule has 1 N–H and O–H groups in total. The molecule has 0 aromatic heterocycles. The van der Waals surface area contributed by atoms with Gasteiger partial charge in [0, 0.05) is 6.04 Å². The molecule has 0 radical (unpaired) electrons. The molecule has 0 aliphatic rings. The standard InChI is InChI=1S/C15H22F3N/c1-3-4-5-6-7-8-11(2)19-13-10-9-12(16)14(17)15(13)18/h9-11,19H,3-8H2,1-2H3. The molecule has 0 saturated heterocycles. The Kier molecular flexibility index (Phi) is 6.74. The van der Waals surface area contributed by atoms with Crippen LogP contribution < -0.4 is 5.32 Å². The second-order valence-electron chi connectivity index (χ2n) is 4.97. The van der Waals surface area contributed by atoms with Gasteiger partial charge in [0.05, 0.1) is 5.69 Å². The number of halogens is 3. The second kappa shape index (κ2) is 8.08. The van der Waals surface area contributed by atoms with Crippen molar-refractivity contribution in [3.63, 3.8) is 0 Å². The molecule has 1 nitrogen and oxygen atoms in total. The van der Waals surface area contributed by atoms with Gasteiger partial charge in [-0.05, 0) is 25.5 Å². The van der Waals surface area contributed by atoms with Gasteiger partial charge in [0.25, 0.3) is 0 Å². The first-order chi connectivity index (χ1) is 9.06. The van der Waals surface area contributed by atoms with Crippen LogP contribution in [-0.2, 0) is 0 Å². The summed E-state index contributed by atoms with van der Waals surface area (Å²) in [6.07, 6.45) is 6.75. The van der Waals surface area contributed by atoms with Gasteiger partial charge in [-0.15, -0.1) is 0 Å². The van der Waals surface area contributed by atoms with Gasteiger partial charge in [-0.25, -0.2) is 13.2 Å². The molecule has 1 atom stereocenters. The van der Waals surface area contributed by atoms with Crippen molar-refractivity contribution in [2.45, 2.75) is 58.4 Å². The first kappa shape index (κ1) is 15.9. The lowest BCUT2D eigenvalue weighted by Gasteiger charge is -2.16. The molecule has 0 aliphatic heterocycles. The Morgan fingerprint density at radius 1 is 1.00 bits per heavy atom. The van der Waals surface area contributed by atoms with Crippen molar-refractivity contribution < 1.29 is 13.2 Å². The minimum absolute atomic E-state index is 0.0277. The van der Waals surface area contributed by atoms with Crippen molar-refractivity contribution in [2.75, 3.05) is 5.32 Å². The van der Waals surface area contributed by atoms with E-state index in [0.717, 1.165) is 25.3 Å². The van der Waals surface area contributed by atoms with E-state index in [-0.39, 0.29) is 11.7 Å². The Morgan fingerprint density at radius 2 is 1.68 bits per heavy atom. The van der Waals surface area contributed by atoms with Gasteiger partial charge in [-0.2, -0.15) is 0 Å². The highest BCUT2D eigenvalue weighted by Gasteiger charge is 2.14. The van der Waals surface area contributed by atoms with E-state index >= 15 is 0 Å². The van der Waals surface area contributed by atoms with Crippen molar-refractivity contribution in [3.05, 3.63) is 29.6 Å². The topological polar surface area (TPSA) is 12.0 Å². The average molecular weight is 273 g/mol. The first-order valence-electron chi connectivity index (χ1n) is 6.96. The minimum atomic E-state index is -1.42. The van der Waals surface area contributed by atoms with E-state index in [1.165, 1.54) is 25.3 Å². The summed E-state index contributed by atoms with van der Waals surface area (Å²) in [7, 11) is 0. The maximum absolute atomic E-state index is 13.4. The molecule has 1 unspecified atom stereocenters. The molecule has 0 aliphatic carbocycles. The minimum Gasteiger partial charge on any atom is -0.380 e. The van der Waals surface area contributed by atoms with E-state index in [2.05, 4.69) is 12.2 Å². The molecule has 0 heterocycles. The molecule has 19 heavy (non-hydrogen) atoms. The van der Waals surface area contributed by atoms with Crippen molar-refractivity contribution >= 4 is 5.69 Å². The van der Waals surface area contributed by atoms with E-state index in [1.807, 2.05) is 6.92 Å². The molecular weight excluding hydrogens is 251 g/mol. The highest BCUT2D eigenvalue weighted by molar-refractivity contribution is 5.46. The van der Waals surface area contributed by atoms with Crippen LogP contribution in [0.15, 0.2) is 12.1 Å². The lowest BCUT2D eigenvalue weighted by Crippen LogP contribution is -2.16. The van der Waals surface area contributed by atoms with Gasteiger partial charge in [0.2, 0.25) is 0 Å². The van der Waals surface area contributed by atoms with Crippen LogP contribution in [0.2, 0.25) is 0 Å². The van der Waals surface area contributed by atoms with Crippen LogP contribution in [0, 0.1) is 17.5 Å². The Morgan fingerprint density at radius 3 is 2.37 bits per heavy atom. The lowest BCUT2D eigenvalue weighted by molar-refractivity contribution is 0.448. The van der Waals surface area contributed by atoms with Crippen LogP contribution in [0.4, 0.5) is 18.9 Å². The summed E-state index contributed by atoms with van der Waals surface area (Å²) < 4.78 is 39.3. The van der Waals surface area contributed by atoms with Gasteiger partial charge >= 0.3 is 0 Å². The molecule has 1 aromatic rings. The van der Waals surface area contributed by atoms with Crippen LogP contribution in [0.25, 0.3) is 0 Å². The average Bonchev–Trinajstić information content (AvgIpc) is 2.39. The quantitative estimate of drug-likeness (QED) is 0.503. The smallest absolute Gasteiger partial charge is 0.196 e. The Balaban J connectivity index is 2.40. The lowest BCUT2D eigenvalue weighted by atomic mass is 10.1. The summed E-state index contributed by atoms with van der Waals surface area (Å²) in [5.41, 5.74) is 0.0277. The highest BCUT2D eigenvalue weighted by atomic mass is 19.2. The Bertz CT molecular complexity index is 393. The fourth-order valence-corrected chi connectivity index (χ4v) is 2.03. The number of hydrogen-bond donors (Lipinski definition) is 1. The fraction of sp³-hybridized carbons (Fsp3) is 0.600. The van der Waals surface area contributed by atoms with Gasteiger partial charge in [-0.3, -0.25) is 0 Å². The zero-order valence-electron chi connectivity index (χ0n) is 11.6. The highest BCUT2D eigenvalue weighted by Crippen LogP contribution is 2.21. The van der Waals surface area contributed by atoms with E-state index in [0.29, 0.717) is 0 Å². The van der Waals surface area contributed by atoms with E-state index in [1.54, 1.807) is 0 Å². The molecule has 0 fully saturated rings. The molecule has 1 aromatic carbocycles. The normalized spacial score (nSPS) is 12.5. The summed E-state index contributed by atoms with van der Waals surface area (Å²) in [4.78, 5) is 0. The van der Waals surface area contributed by atoms with E-state index < -0.39 is 17.5 Å². The Labute approximate surface area is 113 Å². The zero-order valence-corrected chi connectivity index (χ0v) is 11.6. The van der Waals surface area contributed by atoms with E-state index in [4.69, 9.17) is 0 Å². The first-order valence-corrected chi connectivity index (χ1v) is 6.96. The monoisotopic (exact) mass is 273 g/mol. The van der Waals surface area contributed by atoms with Gasteiger partial charge < -0.3 is 5.32 Å². The molecule has 0 amide bonds. The third-order valence-electron chi connectivity index (χ3n) is 3.18. The number of hydrogen-bond acceptors (Lipinski definition) is 1. The zero-order chi connectivity index (χ0) is 14.3. The maximum Gasteiger partial charge on any atom is 0.196 e. The second-order valence-corrected chi connectivity index (χ2v) is 4.97. The molecular formula is C15H22F3N. The number of unbranched alkanes of at least 4 members (excludes halogenated alkanes) is 4. The third-order valence-corrected chi connectivity index (χ3v) is 3.18. The molecule has 108 valence electrons. The van der Waals surface area contributed by atoms with Crippen molar-refractivity contribution in [3.8, 4) is 0 Å². The summed E-state index contributed by atoms with van der Waals surface area (Å²) in [6, 6.07) is 2.22. The van der Waals surface area contributed by atoms with Crippen LogP contribution in [0.1, 0.15) is 52.4 Å². The molecule has 0 saturated carbocycles. The number of benzene rings is 1. The number of rotatable bonds is 8. The van der Waals surface area contributed by atoms with Crippen molar-refractivity contribution in [1.82, 2.24) is 0 Å². The van der Waals surface area contributed by atoms with Gasteiger partial charge in [0.15, 0.2) is 17.5 Å². The SMILES string of the molecule is CCCCCCCC(C)Nc1ccc(F)c(F)c1F. The largest absolute Gasteiger partial charge is 0.380 e. The molecule has 1 rings (SSSR count). The van der Waals surface area contributed by atoms with Gasteiger partial charge in [-0.1, -0.05) is 39.0 Å². The predicted molar refractivity (Wildman–Crippen MR) is 72.8 cm³/mol. The van der Waals surface area contributed by atoms with Crippen LogP contribution >= 0.6 is 0 Å². The fourth-order valence-electron chi connectivity index (χ4n) is 2.03. The summed E-state index contributed by atoms with van der Waals surface area (Å²) in [6.45, 7) is 4.08. The van der Waals surface area contributed by atoms with Crippen LogP contribution in [0.3, 0.4) is 0 Å². The number of nitrogens with one attached hydrogen (secondary N) is 1. The third kappa shape index (κ3) is 5.13. The summed E-state index contributed by atoms with van der Waals surface area (Å²) >= 11 is 0. The van der Waals surface area contributed by atoms with Gasteiger partial charge in [0.1, 0.15) is 0 Å². The molecule has 0 spiro atoms. The number of anilines is 1. The van der Waals surface area contributed by atoms with Crippen LogP contribution in [0.5, 0.6) is 0 Å². The summed E-state index contributed by atoms with van der Waals surface area (Å²) in [5.74, 6) is -3.71. The molecule has 4 heteroatoms. The van der Waals surface area contributed by atoms with E-state index in [9.17, 15) is 13.2 Å². The van der Waals surface area contributed by atoms with Crippen molar-refractivity contribution in [1.29, 1.82) is 0 Å². The van der Waals surface area contributed by atoms with Crippen molar-refractivity contribution in [2.24, 2.45) is 0 Å². The van der Waals surface area contributed by atoms with Crippen LogP contribution in [-0.4, -0.2) is 6.04 Å². The maximum atomic E-state index is 13.4. The predicted octanol–water partition coefficient (Wildman–Crippen LogP) is 5.26. The molecule has 0 bridgehead atoms.